The summed E-state index contributed by atoms with van der Waals surface area (Å²) in [7, 11) is 0. The Morgan fingerprint density at radius 2 is 2.29 bits per heavy atom. The molecule has 1 unspecified atom stereocenters. The van der Waals surface area contributed by atoms with Crippen LogP contribution in [-0.4, -0.2) is 50.9 Å². The number of rotatable bonds is 5. The van der Waals surface area contributed by atoms with E-state index in [4.69, 9.17) is 9.15 Å². The fourth-order valence-corrected chi connectivity index (χ4v) is 2.62. The summed E-state index contributed by atoms with van der Waals surface area (Å²) in [6, 6.07) is 1.82. The molecule has 1 atom stereocenters. The summed E-state index contributed by atoms with van der Waals surface area (Å²) in [6.07, 6.45) is 1.49. The number of carbonyl (C=O) groups is 1. The number of nitrogens with zero attached hydrogens (tertiary/aromatic N) is 4. The van der Waals surface area contributed by atoms with Gasteiger partial charge in [0, 0.05) is 18.2 Å². The highest BCUT2D eigenvalue weighted by atomic mass is 16.5. The summed E-state index contributed by atoms with van der Waals surface area (Å²) in [5.41, 5.74) is 1.41. The summed E-state index contributed by atoms with van der Waals surface area (Å²) in [5, 5.41) is 15.1. The van der Waals surface area contributed by atoms with Crippen LogP contribution >= 0.6 is 0 Å². The first-order valence-corrected chi connectivity index (χ1v) is 8.37. The number of hydrogen-bond donors (Lipinski definition) is 1. The quantitative estimate of drug-likeness (QED) is 0.900. The molecule has 1 aliphatic rings. The van der Waals surface area contributed by atoms with Crippen molar-refractivity contribution >= 4 is 5.91 Å². The molecule has 1 saturated heterocycles. The van der Waals surface area contributed by atoms with Gasteiger partial charge in [0.15, 0.2) is 6.10 Å². The van der Waals surface area contributed by atoms with Crippen molar-refractivity contribution < 1.29 is 13.9 Å². The average molecular weight is 333 g/mol. The average Bonchev–Trinajstić information content (AvgIpc) is 3.24. The normalized spacial score (nSPS) is 18.3. The predicted molar refractivity (Wildman–Crippen MR) is 85.6 cm³/mol. The second kappa shape index (κ2) is 7.12. The van der Waals surface area contributed by atoms with Gasteiger partial charge in [-0.3, -0.25) is 9.89 Å². The Bertz CT molecular complexity index is 693. The maximum Gasteiger partial charge on any atom is 0.274 e. The summed E-state index contributed by atoms with van der Waals surface area (Å²) in [5.74, 6) is 1.05. The SMILES string of the molecule is CCCc1cc(C(=O)N2CCOC(c3nnc(C(C)C)o3)C2)n[nH]1. The summed E-state index contributed by atoms with van der Waals surface area (Å²) in [4.78, 5) is 14.4. The summed E-state index contributed by atoms with van der Waals surface area (Å²) >= 11 is 0. The molecule has 8 heteroatoms. The molecule has 0 aliphatic carbocycles. The largest absolute Gasteiger partial charge is 0.422 e. The number of H-pyrrole nitrogens is 1. The van der Waals surface area contributed by atoms with Crippen molar-refractivity contribution in [3.8, 4) is 0 Å². The van der Waals surface area contributed by atoms with Gasteiger partial charge < -0.3 is 14.1 Å². The van der Waals surface area contributed by atoms with Crippen LogP contribution in [0.25, 0.3) is 0 Å². The molecule has 1 aliphatic heterocycles. The first-order valence-electron chi connectivity index (χ1n) is 8.37. The molecule has 3 heterocycles. The van der Waals surface area contributed by atoms with E-state index >= 15 is 0 Å². The van der Waals surface area contributed by atoms with Crippen molar-refractivity contribution in [2.45, 2.75) is 45.6 Å². The van der Waals surface area contributed by atoms with Crippen molar-refractivity contribution in [3.63, 3.8) is 0 Å². The Morgan fingerprint density at radius 3 is 3.00 bits per heavy atom. The third-order valence-electron chi connectivity index (χ3n) is 3.95. The molecule has 0 aromatic carbocycles. The number of amides is 1. The van der Waals surface area contributed by atoms with E-state index in [9.17, 15) is 4.79 Å². The molecule has 0 spiro atoms. The lowest BCUT2D eigenvalue weighted by molar-refractivity contribution is -0.0352. The lowest BCUT2D eigenvalue weighted by atomic mass is 10.2. The van der Waals surface area contributed by atoms with Crippen LogP contribution in [0.15, 0.2) is 10.5 Å². The van der Waals surface area contributed by atoms with E-state index in [0.717, 1.165) is 18.5 Å². The summed E-state index contributed by atoms with van der Waals surface area (Å²) in [6.45, 7) is 7.40. The number of carbonyl (C=O) groups excluding carboxylic acids is 1. The molecule has 130 valence electrons. The van der Waals surface area contributed by atoms with E-state index < -0.39 is 6.10 Å². The highest BCUT2D eigenvalue weighted by molar-refractivity contribution is 5.92. The second-order valence-electron chi connectivity index (χ2n) is 6.27. The maximum atomic E-state index is 12.6. The lowest BCUT2D eigenvalue weighted by Crippen LogP contribution is -2.42. The number of aromatic nitrogens is 4. The number of hydrogen-bond acceptors (Lipinski definition) is 6. The minimum atomic E-state index is -0.392. The van der Waals surface area contributed by atoms with Crippen LogP contribution in [-0.2, 0) is 11.2 Å². The molecular formula is C16H23N5O3. The topological polar surface area (TPSA) is 97.1 Å². The molecule has 1 N–H and O–H groups in total. The van der Waals surface area contributed by atoms with Gasteiger partial charge in [-0.25, -0.2) is 0 Å². The van der Waals surface area contributed by atoms with Crippen molar-refractivity contribution in [3.05, 3.63) is 29.2 Å². The number of nitrogens with one attached hydrogen (secondary N) is 1. The van der Waals surface area contributed by atoms with E-state index in [-0.39, 0.29) is 11.8 Å². The third-order valence-corrected chi connectivity index (χ3v) is 3.95. The van der Waals surface area contributed by atoms with E-state index in [0.29, 0.717) is 37.2 Å². The monoisotopic (exact) mass is 333 g/mol. The van der Waals surface area contributed by atoms with Crippen LogP contribution in [0, 0.1) is 0 Å². The maximum absolute atomic E-state index is 12.6. The van der Waals surface area contributed by atoms with Crippen LogP contribution in [0.2, 0.25) is 0 Å². The molecule has 0 saturated carbocycles. The van der Waals surface area contributed by atoms with Crippen LogP contribution in [0.3, 0.4) is 0 Å². The molecule has 2 aromatic heterocycles. The van der Waals surface area contributed by atoms with Crippen molar-refractivity contribution in [2.75, 3.05) is 19.7 Å². The van der Waals surface area contributed by atoms with E-state index in [1.165, 1.54) is 0 Å². The molecule has 3 rings (SSSR count). The third kappa shape index (κ3) is 3.48. The van der Waals surface area contributed by atoms with Crippen molar-refractivity contribution in [1.29, 1.82) is 0 Å². The van der Waals surface area contributed by atoms with Crippen molar-refractivity contribution in [1.82, 2.24) is 25.3 Å². The van der Waals surface area contributed by atoms with Crippen LogP contribution < -0.4 is 0 Å². The zero-order valence-electron chi connectivity index (χ0n) is 14.3. The number of aryl methyl sites for hydroxylation is 1. The Labute approximate surface area is 140 Å². The Kier molecular flexibility index (Phi) is 4.94. The molecule has 8 nitrogen and oxygen atoms in total. The number of ether oxygens (including phenoxy) is 1. The molecular weight excluding hydrogens is 310 g/mol. The van der Waals surface area contributed by atoms with E-state index in [1.54, 1.807) is 4.90 Å². The Hall–Kier alpha value is -2.22. The van der Waals surface area contributed by atoms with Gasteiger partial charge in [-0.1, -0.05) is 27.2 Å². The van der Waals surface area contributed by atoms with Gasteiger partial charge in [-0.2, -0.15) is 5.10 Å². The Balaban J connectivity index is 1.68. The smallest absolute Gasteiger partial charge is 0.274 e. The molecule has 2 aromatic rings. The van der Waals surface area contributed by atoms with Gasteiger partial charge in [-0.15, -0.1) is 10.2 Å². The van der Waals surface area contributed by atoms with Crippen LogP contribution in [0.1, 0.15) is 67.2 Å². The fourth-order valence-electron chi connectivity index (χ4n) is 2.62. The van der Waals surface area contributed by atoms with Gasteiger partial charge in [0.05, 0.1) is 13.2 Å². The standard InChI is InChI=1S/C16H23N5O3/c1-4-5-11-8-12(18-17-11)16(22)21-6-7-23-13(9-21)15-20-19-14(24-15)10(2)3/h8,10,13H,4-7,9H2,1-3H3,(H,17,18). The minimum absolute atomic E-state index is 0.106. The van der Waals surface area contributed by atoms with Gasteiger partial charge in [0.2, 0.25) is 11.8 Å². The van der Waals surface area contributed by atoms with Crippen LogP contribution in [0.4, 0.5) is 0 Å². The molecule has 1 amide bonds. The molecule has 0 bridgehead atoms. The van der Waals surface area contributed by atoms with Crippen LogP contribution in [0.5, 0.6) is 0 Å². The molecule has 0 radical (unpaired) electrons. The van der Waals surface area contributed by atoms with E-state index in [1.807, 2.05) is 19.9 Å². The van der Waals surface area contributed by atoms with E-state index in [2.05, 4.69) is 27.3 Å². The number of aromatic amines is 1. The predicted octanol–water partition coefficient (Wildman–Crippen LogP) is 2.08. The highest BCUT2D eigenvalue weighted by Gasteiger charge is 2.30. The molecule has 24 heavy (non-hydrogen) atoms. The van der Waals surface area contributed by atoms with Gasteiger partial charge in [-0.05, 0) is 12.5 Å². The first kappa shape index (κ1) is 16.6. The number of morpholine rings is 1. The fraction of sp³-hybridized carbons (Fsp3) is 0.625. The summed E-state index contributed by atoms with van der Waals surface area (Å²) < 4.78 is 11.3. The van der Waals surface area contributed by atoms with Gasteiger partial charge in [0.25, 0.3) is 5.91 Å². The highest BCUT2D eigenvalue weighted by Crippen LogP contribution is 2.24. The van der Waals surface area contributed by atoms with Gasteiger partial charge in [0.1, 0.15) is 5.69 Å². The van der Waals surface area contributed by atoms with Gasteiger partial charge >= 0.3 is 0 Å². The second-order valence-corrected chi connectivity index (χ2v) is 6.27. The minimum Gasteiger partial charge on any atom is -0.422 e. The first-order chi connectivity index (χ1) is 11.6. The Morgan fingerprint density at radius 1 is 1.46 bits per heavy atom. The van der Waals surface area contributed by atoms with Crippen molar-refractivity contribution in [2.24, 2.45) is 0 Å². The zero-order valence-corrected chi connectivity index (χ0v) is 14.3. The lowest BCUT2D eigenvalue weighted by Gasteiger charge is -2.30. The molecule has 1 fully saturated rings. The zero-order chi connectivity index (χ0) is 17.1.